The molecule has 1 aliphatic heterocycles. The summed E-state index contributed by atoms with van der Waals surface area (Å²) in [5, 5.41) is 2.89. The van der Waals surface area contributed by atoms with E-state index in [0.29, 0.717) is 23.6 Å². The zero-order chi connectivity index (χ0) is 18.7. The lowest BCUT2D eigenvalue weighted by Gasteiger charge is -2.19. The SMILES string of the molecule is O=C(COC(=O)CN1C(=O)[C@H]2CCCC[C@H]2C1=O)Nc1ccccc1Cl. The molecule has 1 saturated heterocycles. The van der Waals surface area contributed by atoms with Gasteiger partial charge in [-0.05, 0) is 25.0 Å². The van der Waals surface area contributed by atoms with Crippen LogP contribution in [0.25, 0.3) is 0 Å². The van der Waals surface area contributed by atoms with E-state index in [1.807, 2.05) is 0 Å². The molecular weight excluding hydrogens is 360 g/mol. The van der Waals surface area contributed by atoms with Crippen LogP contribution in [0.15, 0.2) is 24.3 Å². The number of benzene rings is 1. The lowest BCUT2D eigenvalue weighted by molar-refractivity contribution is -0.154. The number of likely N-dealkylation sites (tertiary alicyclic amines) is 1. The van der Waals surface area contributed by atoms with Gasteiger partial charge >= 0.3 is 5.97 Å². The topological polar surface area (TPSA) is 92.8 Å². The highest BCUT2D eigenvalue weighted by Crippen LogP contribution is 2.37. The average molecular weight is 379 g/mol. The van der Waals surface area contributed by atoms with Crippen molar-refractivity contribution in [3.8, 4) is 0 Å². The monoisotopic (exact) mass is 378 g/mol. The van der Waals surface area contributed by atoms with Gasteiger partial charge in [0.1, 0.15) is 6.54 Å². The number of ether oxygens (including phenoxy) is 1. The number of hydrogen-bond acceptors (Lipinski definition) is 5. The number of fused-ring (bicyclic) bond motifs is 1. The zero-order valence-corrected chi connectivity index (χ0v) is 14.8. The van der Waals surface area contributed by atoms with E-state index < -0.39 is 25.0 Å². The first kappa shape index (κ1) is 18.4. The Morgan fingerprint density at radius 2 is 1.73 bits per heavy atom. The van der Waals surface area contributed by atoms with Crippen molar-refractivity contribution < 1.29 is 23.9 Å². The Kier molecular flexibility index (Phi) is 5.56. The standard InChI is InChI=1S/C18H19ClN2O5/c19-13-7-3-4-8-14(13)20-15(22)10-26-16(23)9-21-17(24)11-5-1-2-6-12(11)18(21)25/h3-4,7-8,11-12H,1-2,5-6,9-10H2,(H,20,22)/t11-,12+. The number of imide groups is 1. The number of nitrogens with zero attached hydrogens (tertiary/aromatic N) is 1. The fourth-order valence-electron chi connectivity index (χ4n) is 3.46. The summed E-state index contributed by atoms with van der Waals surface area (Å²) in [6.45, 7) is -0.975. The lowest BCUT2D eigenvalue weighted by Crippen LogP contribution is -2.37. The number of esters is 1. The van der Waals surface area contributed by atoms with Crippen molar-refractivity contribution in [3.63, 3.8) is 0 Å². The molecule has 2 atom stereocenters. The van der Waals surface area contributed by atoms with Crippen molar-refractivity contribution >= 4 is 41.0 Å². The summed E-state index contributed by atoms with van der Waals surface area (Å²) in [5.74, 6) is -2.59. The van der Waals surface area contributed by atoms with Crippen LogP contribution in [0.3, 0.4) is 0 Å². The van der Waals surface area contributed by atoms with Crippen LogP contribution in [-0.4, -0.2) is 41.7 Å². The third-order valence-electron chi connectivity index (χ3n) is 4.73. The molecule has 3 rings (SSSR count). The van der Waals surface area contributed by atoms with Crippen molar-refractivity contribution in [1.82, 2.24) is 4.90 Å². The molecule has 1 aromatic rings. The van der Waals surface area contributed by atoms with Crippen LogP contribution < -0.4 is 5.32 Å². The second kappa shape index (κ2) is 7.86. The molecule has 2 aliphatic rings. The number of nitrogens with one attached hydrogen (secondary N) is 1. The Morgan fingerprint density at radius 3 is 2.35 bits per heavy atom. The summed E-state index contributed by atoms with van der Waals surface area (Å²) in [6, 6.07) is 6.66. The lowest BCUT2D eigenvalue weighted by atomic mass is 9.81. The van der Waals surface area contributed by atoms with Gasteiger partial charge in [-0.1, -0.05) is 36.6 Å². The Balaban J connectivity index is 1.50. The van der Waals surface area contributed by atoms with E-state index in [4.69, 9.17) is 16.3 Å². The van der Waals surface area contributed by atoms with Gasteiger partial charge in [0, 0.05) is 0 Å². The molecule has 0 unspecified atom stereocenters. The van der Waals surface area contributed by atoms with Gasteiger partial charge in [-0.3, -0.25) is 24.1 Å². The minimum absolute atomic E-state index is 0.308. The van der Waals surface area contributed by atoms with Crippen molar-refractivity contribution in [2.24, 2.45) is 11.8 Å². The first-order valence-corrected chi connectivity index (χ1v) is 8.90. The summed E-state index contributed by atoms with van der Waals surface area (Å²) in [7, 11) is 0. The maximum absolute atomic E-state index is 12.3. The largest absolute Gasteiger partial charge is 0.454 e. The molecule has 0 radical (unpaired) electrons. The quantitative estimate of drug-likeness (QED) is 0.624. The molecule has 0 bridgehead atoms. The van der Waals surface area contributed by atoms with Gasteiger partial charge in [-0.2, -0.15) is 0 Å². The first-order valence-electron chi connectivity index (χ1n) is 8.52. The highest BCUT2D eigenvalue weighted by atomic mass is 35.5. The zero-order valence-electron chi connectivity index (χ0n) is 14.1. The van der Waals surface area contributed by atoms with E-state index in [1.54, 1.807) is 24.3 Å². The van der Waals surface area contributed by atoms with Crippen LogP contribution in [-0.2, 0) is 23.9 Å². The van der Waals surface area contributed by atoms with Crippen LogP contribution in [0.5, 0.6) is 0 Å². The normalized spacial score (nSPS) is 22.1. The molecule has 1 N–H and O–H groups in total. The van der Waals surface area contributed by atoms with Gasteiger partial charge in [0.05, 0.1) is 22.5 Å². The average Bonchev–Trinajstić information content (AvgIpc) is 2.87. The second-order valence-corrected chi connectivity index (χ2v) is 6.86. The molecule has 1 aliphatic carbocycles. The van der Waals surface area contributed by atoms with E-state index >= 15 is 0 Å². The van der Waals surface area contributed by atoms with E-state index in [1.165, 1.54) is 0 Å². The molecule has 0 aromatic heterocycles. The molecule has 138 valence electrons. The number of amides is 3. The van der Waals surface area contributed by atoms with Crippen molar-refractivity contribution in [2.75, 3.05) is 18.5 Å². The van der Waals surface area contributed by atoms with Gasteiger partial charge in [0.2, 0.25) is 11.8 Å². The molecule has 1 aromatic carbocycles. The highest BCUT2D eigenvalue weighted by molar-refractivity contribution is 6.33. The molecular formula is C18H19ClN2O5. The third kappa shape index (κ3) is 3.88. The van der Waals surface area contributed by atoms with E-state index in [-0.39, 0.29) is 23.7 Å². The number of halogens is 1. The van der Waals surface area contributed by atoms with E-state index in [0.717, 1.165) is 17.7 Å². The van der Waals surface area contributed by atoms with Crippen molar-refractivity contribution in [2.45, 2.75) is 25.7 Å². The smallest absolute Gasteiger partial charge is 0.326 e. The second-order valence-electron chi connectivity index (χ2n) is 6.45. The van der Waals surface area contributed by atoms with Gasteiger partial charge in [-0.25, -0.2) is 0 Å². The number of para-hydroxylation sites is 1. The number of rotatable bonds is 5. The molecule has 8 heteroatoms. The molecule has 1 heterocycles. The summed E-state index contributed by atoms with van der Waals surface area (Å²) >= 11 is 5.93. The third-order valence-corrected chi connectivity index (χ3v) is 5.06. The fourth-order valence-corrected chi connectivity index (χ4v) is 3.64. The molecule has 2 fully saturated rings. The number of carbonyl (C=O) groups excluding carboxylic acids is 4. The van der Waals surface area contributed by atoms with Crippen LogP contribution in [0.4, 0.5) is 5.69 Å². The van der Waals surface area contributed by atoms with Crippen LogP contribution in [0, 0.1) is 11.8 Å². The van der Waals surface area contributed by atoms with Gasteiger partial charge < -0.3 is 10.1 Å². The predicted octanol–water partition coefficient (Wildman–Crippen LogP) is 2.00. The Hall–Kier alpha value is -2.41. The van der Waals surface area contributed by atoms with Crippen LogP contribution >= 0.6 is 11.6 Å². The maximum atomic E-state index is 12.3. The Bertz CT molecular complexity index is 727. The number of hydrogen-bond donors (Lipinski definition) is 1. The fraction of sp³-hybridized carbons (Fsp3) is 0.444. The number of anilines is 1. The first-order chi connectivity index (χ1) is 12.5. The summed E-state index contributed by atoms with van der Waals surface area (Å²) < 4.78 is 4.89. The Morgan fingerprint density at radius 1 is 1.12 bits per heavy atom. The maximum Gasteiger partial charge on any atom is 0.326 e. The molecule has 0 spiro atoms. The van der Waals surface area contributed by atoms with Crippen LogP contribution in [0.2, 0.25) is 5.02 Å². The number of carbonyl (C=O) groups is 4. The summed E-state index contributed by atoms with van der Waals surface area (Å²) in [5.41, 5.74) is 0.407. The van der Waals surface area contributed by atoms with Crippen molar-refractivity contribution in [1.29, 1.82) is 0 Å². The van der Waals surface area contributed by atoms with Gasteiger partial charge in [-0.15, -0.1) is 0 Å². The predicted molar refractivity (Wildman–Crippen MR) is 93.2 cm³/mol. The molecule has 26 heavy (non-hydrogen) atoms. The summed E-state index contributed by atoms with van der Waals surface area (Å²) in [6.07, 6.45) is 3.20. The summed E-state index contributed by atoms with van der Waals surface area (Å²) in [4.78, 5) is 49.4. The van der Waals surface area contributed by atoms with Gasteiger partial charge in [0.15, 0.2) is 6.61 Å². The minimum atomic E-state index is -0.792. The van der Waals surface area contributed by atoms with Crippen molar-refractivity contribution in [3.05, 3.63) is 29.3 Å². The van der Waals surface area contributed by atoms with E-state index in [2.05, 4.69) is 5.32 Å². The van der Waals surface area contributed by atoms with E-state index in [9.17, 15) is 19.2 Å². The highest BCUT2D eigenvalue weighted by Gasteiger charge is 2.48. The van der Waals surface area contributed by atoms with Crippen LogP contribution in [0.1, 0.15) is 25.7 Å². The van der Waals surface area contributed by atoms with Gasteiger partial charge in [0.25, 0.3) is 5.91 Å². The minimum Gasteiger partial charge on any atom is -0.454 e. The molecule has 3 amide bonds. The Labute approximate surface area is 155 Å². The molecule has 7 nitrogen and oxygen atoms in total. The molecule has 1 saturated carbocycles.